The highest BCUT2D eigenvalue weighted by molar-refractivity contribution is 6.07. The molecule has 0 unspecified atom stereocenters. The Bertz CT molecular complexity index is 1260. The molecular weight excluding hydrogens is 430 g/mol. The van der Waals surface area contributed by atoms with E-state index in [1.54, 1.807) is 24.3 Å². The Morgan fingerprint density at radius 1 is 0.941 bits per heavy atom. The number of carbonyl (C=O) groups is 3. The molecule has 5 rings (SSSR count). The molecule has 7 heteroatoms. The van der Waals surface area contributed by atoms with E-state index >= 15 is 0 Å². The Labute approximate surface area is 197 Å². The number of hydrogen-bond donors (Lipinski definition) is 2. The van der Waals surface area contributed by atoms with Gasteiger partial charge in [-0.25, -0.2) is 4.79 Å². The topological polar surface area (TPSA) is 97.4 Å². The second-order valence-corrected chi connectivity index (χ2v) is 8.91. The number of aromatic nitrogens is 1. The van der Waals surface area contributed by atoms with Crippen molar-refractivity contribution in [3.63, 3.8) is 0 Å². The number of anilines is 1. The molecule has 0 bridgehead atoms. The van der Waals surface area contributed by atoms with Crippen LogP contribution in [-0.4, -0.2) is 35.4 Å². The number of fused-ring (bicyclic) bond motifs is 2. The maximum absolute atomic E-state index is 13.0. The molecule has 0 saturated heterocycles. The van der Waals surface area contributed by atoms with Crippen LogP contribution in [0.4, 0.5) is 5.69 Å². The molecule has 2 N–H and O–H groups in total. The Balaban J connectivity index is 1.27. The summed E-state index contributed by atoms with van der Waals surface area (Å²) >= 11 is 0. The molecule has 0 spiro atoms. The molecule has 0 radical (unpaired) electrons. The number of nitrogens with one attached hydrogen (secondary N) is 2. The van der Waals surface area contributed by atoms with Gasteiger partial charge in [0.1, 0.15) is 0 Å². The molecule has 3 aromatic rings. The average Bonchev–Trinajstić information content (AvgIpc) is 3.53. The lowest BCUT2D eigenvalue weighted by atomic mass is 10.0. The highest BCUT2D eigenvalue weighted by atomic mass is 16.5. The van der Waals surface area contributed by atoms with Crippen molar-refractivity contribution in [2.45, 2.75) is 51.0 Å². The highest BCUT2D eigenvalue weighted by Crippen LogP contribution is 2.30. The van der Waals surface area contributed by atoms with Gasteiger partial charge >= 0.3 is 5.97 Å². The van der Waals surface area contributed by atoms with Gasteiger partial charge in [-0.05, 0) is 55.9 Å². The molecule has 1 heterocycles. The third-order valence-corrected chi connectivity index (χ3v) is 6.59. The van der Waals surface area contributed by atoms with E-state index in [1.807, 2.05) is 24.3 Å². The van der Waals surface area contributed by atoms with Gasteiger partial charge in [-0.2, -0.15) is 0 Å². The van der Waals surface area contributed by atoms with E-state index in [0.717, 1.165) is 67.1 Å². The molecule has 1 saturated carbocycles. The third kappa shape index (κ3) is 4.51. The van der Waals surface area contributed by atoms with Crippen LogP contribution >= 0.6 is 0 Å². The van der Waals surface area contributed by atoms with E-state index in [-0.39, 0.29) is 11.9 Å². The van der Waals surface area contributed by atoms with Gasteiger partial charge in [-0.3, -0.25) is 14.6 Å². The van der Waals surface area contributed by atoms with E-state index in [4.69, 9.17) is 4.74 Å². The summed E-state index contributed by atoms with van der Waals surface area (Å²) in [5.74, 6) is -1.23. The van der Waals surface area contributed by atoms with E-state index in [0.29, 0.717) is 16.8 Å². The summed E-state index contributed by atoms with van der Waals surface area (Å²) in [6.07, 6.45) is 6.73. The number of pyridine rings is 1. The molecule has 2 aromatic carbocycles. The summed E-state index contributed by atoms with van der Waals surface area (Å²) in [5.41, 5.74) is 3.89. The fourth-order valence-corrected chi connectivity index (χ4v) is 4.96. The Morgan fingerprint density at radius 2 is 1.71 bits per heavy atom. The molecule has 1 aromatic heterocycles. The molecule has 34 heavy (non-hydrogen) atoms. The van der Waals surface area contributed by atoms with Crippen molar-refractivity contribution in [3.8, 4) is 0 Å². The zero-order valence-corrected chi connectivity index (χ0v) is 18.9. The van der Waals surface area contributed by atoms with Crippen molar-refractivity contribution in [2.24, 2.45) is 0 Å². The third-order valence-electron chi connectivity index (χ3n) is 6.59. The van der Waals surface area contributed by atoms with Crippen molar-refractivity contribution < 1.29 is 19.1 Å². The molecule has 2 amide bonds. The fourth-order valence-electron chi connectivity index (χ4n) is 4.96. The molecule has 2 aliphatic carbocycles. The first-order valence-electron chi connectivity index (χ1n) is 11.9. The minimum Gasteiger partial charge on any atom is -0.452 e. The zero-order valence-electron chi connectivity index (χ0n) is 18.9. The maximum atomic E-state index is 13.0. The van der Waals surface area contributed by atoms with Gasteiger partial charge in [0.25, 0.3) is 11.8 Å². The minimum atomic E-state index is -0.529. The first-order valence-corrected chi connectivity index (χ1v) is 11.9. The second kappa shape index (κ2) is 9.63. The predicted octanol–water partition coefficient (Wildman–Crippen LogP) is 4.19. The first kappa shape index (κ1) is 22.1. The number of benzene rings is 2. The lowest BCUT2D eigenvalue weighted by Gasteiger charge is -2.15. The smallest absolute Gasteiger partial charge is 0.339 e. The number of rotatable bonds is 6. The van der Waals surface area contributed by atoms with Crippen molar-refractivity contribution >= 4 is 34.4 Å². The van der Waals surface area contributed by atoms with Gasteiger partial charge in [0.05, 0.1) is 22.3 Å². The summed E-state index contributed by atoms with van der Waals surface area (Å²) in [6.45, 7) is -0.442. The average molecular weight is 458 g/mol. The van der Waals surface area contributed by atoms with E-state index < -0.39 is 18.5 Å². The van der Waals surface area contributed by atoms with Crippen LogP contribution in [0, 0.1) is 0 Å². The summed E-state index contributed by atoms with van der Waals surface area (Å²) in [5, 5.41) is 6.50. The molecule has 0 aliphatic heterocycles. The van der Waals surface area contributed by atoms with Crippen molar-refractivity contribution in [3.05, 3.63) is 70.9 Å². The van der Waals surface area contributed by atoms with Crippen LogP contribution in [0.3, 0.4) is 0 Å². The molecule has 2 aliphatic rings. The van der Waals surface area contributed by atoms with Gasteiger partial charge in [-0.15, -0.1) is 0 Å². The summed E-state index contributed by atoms with van der Waals surface area (Å²) in [7, 11) is 0. The summed E-state index contributed by atoms with van der Waals surface area (Å²) in [6, 6.07) is 14.5. The van der Waals surface area contributed by atoms with E-state index in [2.05, 4.69) is 15.6 Å². The van der Waals surface area contributed by atoms with Crippen LogP contribution in [-0.2, 0) is 22.4 Å². The Kier molecular flexibility index (Phi) is 6.25. The van der Waals surface area contributed by atoms with Crippen molar-refractivity contribution in [1.29, 1.82) is 0 Å². The predicted molar refractivity (Wildman–Crippen MR) is 129 cm³/mol. The van der Waals surface area contributed by atoms with Crippen molar-refractivity contribution in [2.75, 3.05) is 11.9 Å². The maximum Gasteiger partial charge on any atom is 0.339 e. The standard InChI is InChI=1S/C27H27N3O4/c31-24(30-23-14-6-4-11-20(23)26(32)28-17-8-1-2-9-17)16-34-27(33)25-18-10-3-5-13-21(18)29-22-15-7-12-19(22)25/h3-6,10-11,13-14,17H,1-2,7-9,12,15-16H2,(H,28,32)(H,30,31). The molecule has 174 valence electrons. The number of hydrogen-bond acceptors (Lipinski definition) is 5. The number of amides is 2. The van der Waals surface area contributed by atoms with Gasteiger partial charge in [0.2, 0.25) is 0 Å². The quantitative estimate of drug-likeness (QED) is 0.541. The summed E-state index contributed by atoms with van der Waals surface area (Å²) < 4.78 is 5.42. The van der Waals surface area contributed by atoms with Crippen molar-refractivity contribution in [1.82, 2.24) is 10.3 Å². The number of ether oxygens (including phenoxy) is 1. The van der Waals surface area contributed by atoms with Crippen LogP contribution in [0.1, 0.15) is 64.1 Å². The first-order chi connectivity index (χ1) is 16.6. The molecule has 7 nitrogen and oxygen atoms in total. The number of para-hydroxylation sites is 2. The number of carbonyl (C=O) groups excluding carboxylic acids is 3. The van der Waals surface area contributed by atoms with Crippen LogP contribution < -0.4 is 10.6 Å². The second-order valence-electron chi connectivity index (χ2n) is 8.91. The van der Waals surface area contributed by atoms with Gasteiger partial charge < -0.3 is 15.4 Å². The van der Waals surface area contributed by atoms with Gasteiger partial charge in [-0.1, -0.05) is 43.2 Å². The monoisotopic (exact) mass is 457 g/mol. The van der Waals surface area contributed by atoms with Gasteiger partial charge in [0, 0.05) is 17.1 Å². The fraction of sp³-hybridized carbons (Fsp3) is 0.333. The number of aryl methyl sites for hydroxylation is 1. The lowest BCUT2D eigenvalue weighted by Crippen LogP contribution is -2.33. The van der Waals surface area contributed by atoms with E-state index in [9.17, 15) is 14.4 Å². The summed E-state index contributed by atoms with van der Waals surface area (Å²) in [4.78, 5) is 43.1. The Morgan fingerprint density at radius 3 is 2.56 bits per heavy atom. The van der Waals surface area contributed by atoms with Crippen LogP contribution in [0.2, 0.25) is 0 Å². The Hall–Kier alpha value is -3.74. The van der Waals surface area contributed by atoms with Gasteiger partial charge in [0.15, 0.2) is 6.61 Å². The zero-order chi connectivity index (χ0) is 23.5. The SMILES string of the molecule is O=C(COC(=O)c1c2c(nc3ccccc13)CCC2)Nc1ccccc1C(=O)NC1CCCC1. The largest absolute Gasteiger partial charge is 0.452 e. The highest BCUT2D eigenvalue weighted by Gasteiger charge is 2.25. The van der Waals surface area contributed by atoms with Crippen LogP contribution in [0.25, 0.3) is 10.9 Å². The number of nitrogens with zero attached hydrogens (tertiary/aromatic N) is 1. The van der Waals surface area contributed by atoms with Crippen LogP contribution in [0.5, 0.6) is 0 Å². The lowest BCUT2D eigenvalue weighted by molar-refractivity contribution is -0.119. The molecule has 1 fully saturated rings. The van der Waals surface area contributed by atoms with Crippen LogP contribution in [0.15, 0.2) is 48.5 Å². The normalized spacial score (nSPS) is 15.2. The van der Waals surface area contributed by atoms with E-state index in [1.165, 1.54) is 0 Å². The molecular formula is C27H27N3O4. The number of esters is 1. The minimum absolute atomic E-state index is 0.175. The molecule has 0 atom stereocenters.